The summed E-state index contributed by atoms with van der Waals surface area (Å²) >= 11 is 6.05. The number of benzene rings is 2. The Balaban J connectivity index is 1.50. The van der Waals surface area contributed by atoms with E-state index in [0.29, 0.717) is 17.3 Å². The molecule has 0 N–H and O–H groups in total. The van der Waals surface area contributed by atoms with Crippen LogP contribution in [-0.2, 0) is 28.9 Å². The first-order valence-electron chi connectivity index (χ1n) is 12.5. The Bertz CT molecular complexity index is 1410. The summed E-state index contributed by atoms with van der Waals surface area (Å²) in [5.74, 6) is -0.0210. The summed E-state index contributed by atoms with van der Waals surface area (Å²) in [7, 11) is 3.34. The number of rotatable bonds is 3. The minimum absolute atomic E-state index is 0.0247. The number of hydrogen-bond donors (Lipinski definition) is 0. The van der Waals surface area contributed by atoms with E-state index in [1.165, 1.54) is 5.56 Å². The highest BCUT2D eigenvalue weighted by Gasteiger charge is 2.29. The van der Waals surface area contributed by atoms with Crippen LogP contribution in [0.15, 0.2) is 78.4 Å². The van der Waals surface area contributed by atoms with Crippen molar-refractivity contribution < 1.29 is 14.3 Å². The number of halogens is 1. The Morgan fingerprint density at radius 3 is 2.59 bits per heavy atom. The van der Waals surface area contributed by atoms with Crippen LogP contribution in [0.2, 0.25) is 5.02 Å². The minimum atomic E-state index is -0.486. The molecule has 6 heteroatoms. The average Bonchev–Trinajstić information content (AvgIpc) is 3.23. The molecule has 0 radical (unpaired) electrons. The molecule has 2 aliphatic rings. The van der Waals surface area contributed by atoms with Gasteiger partial charge in [-0.2, -0.15) is 0 Å². The standard InChI is InChI=1S/C31H29ClN2O3/c1-34(26-12-10-25(32)11-13-26)31(36)24-16-21-7-3-5-20(15-21)6-4-8-22-17-23-9-14-29(37-2)33-30(23)28(22)19-27(35)18-24/h3-5,7-15,24H,6,16-19H2,1-2H3/t24-/m1/s1. The van der Waals surface area contributed by atoms with Crippen molar-refractivity contribution in [3.05, 3.63) is 106 Å². The normalized spacial score (nSPS) is 17.3. The highest BCUT2D eigenvalue weighted by molar-refractivity contribution is 6.30. The smallest absolute Gasteiger partial charge is 0.230 e. The molecule has 1 amide bonds. The second-order valence-corrected chi connectivity index (χ2v) is 10.1. The molecule has 0 saturated carbocycles. The third-order valence-corrected chi connectivity index (χ3v) is 7.36. The van der Waals surface area contributed by atoms with Gasteiger partial charge in [-0.3, -0.25) is 9.59 Å². The summed E-state index contributed by atoms with van der Waals surface area (Å²) in [5.41, 5.74) is 6.91. The molecule has 0 unspecified atom stereocenters. The molecular formula is C31H29ClN2O3. The van der Waals surface area contributed by atoms with Crippen LogP contribution in [0.4, 0.5) is 5.69 Å². The van der Waals surface area contributed by atoms with Crippen molar-refractivity contribution >= 4 is 34.6 Å². The van der Waals surface area contributed by atoms with E-state index in [1.807, 2.05) is 36.4 Å². The number of allylic oxidation sites excluding steroid dienone is 4. The first-order chi connectivity index (χ1) is 17.9. The van der Waals surface area contributed by atoms with Crippen molar-refractivity contribution in [1.82, 2.24) is 4.98 Å². The first-order valence-corrected chi connectivity index (χ1v) is 12.8. The van der Waals surface area contributed by atoms with E-state index in [9.17, 15) is 9.59 Å². The van der Waals surface area contributed by atoms with E-state index in [1.54, 1.807) is 31.2 Å². The highest BCUT2D eigenvalue weighted by Crippen LogP contribution is 2.37. The zero-order valence-corrected chi connectivity index (χ0v) is 21.8. The first kappa shape index (κ1) is 25.0. The Morgan fingerprint density at radius 2 is 1.81 bits per heavy atom. The lowest BCUT2D eigenvalue weighted by molar-refractivity contribution is -0.127. The number of amides is 1. The molecule has 2 bridgehead atoms. The summed E-state index contributed by atoms with van der Waals surface area (Å²) < 4.78 is 5.35. The maximum atomic E-state index is 13.7. The van der Waals surface area contributed by atoms with Crippen LogP contribution in [0, 0.1) is 5.92 Å². The van der Waals surface area contributed by atoms with E-state index in [2.05, 4.69) is 29.3 Å². The van der Waals surface area contributed by atoms with E-state index in [4.69, 9.17) is 16.3 Å². The second kappa shape index (κ2) is 10.7. The van der Waals surface area contributed by atoms with Crippen molar-refractivity contribution in [3.63, 3.8) is 0 Å². The Kier molecular flexibility index (Phi) is 7.24. The van der Waals surface area contributed by atoms with Crippen LogP contribution < -0.4 is 9.64 Å². The van der Waals surface area contributed by atoms with Gasteiger partial charge in [-0.1, -0.05) is 54.1 Å². The van der Waals surface area contributed by atoms with E-state index >= 15 is 0 Å². The molecule has 2 aliphatic carbocycles. The lowest BCUT2D eigenvalue weighted by atomic mass is 9.90. The topological polar surface area (TPSA) is 59.5 Å². The lowest BCUT2D eigenvalue weighted by Gasteiger charge is -2.24. The molecule has 5 rings (SSSR count). The van der Waals surface area contributed by atoms with Crippen molar-refractivity contribution in [3.8, 4) is 5.88 Å². The molecule has 0 aliphatic heterocycles. The third kappa shape index (κ3) is 5.52. The van der Waals surface area contributed by atoms with Crippen LogP contribution in [0.3, 0.4) is 0 Å². The van der Waals surface area contributed by atoms with Crippen molar-refractivity contribution in [2.24, 2.45) is 5.92 Å². The van der Waals surface area contributed by atoms with E-state index in [-0.39, 0.29) is 24.5 Å². The molecule has 188 valence electrons. The van der Waals surface area contributed by atoms with Gasteiger partial charge in [-0.15, -0.1) is 0 Å². The number of hydrogen-bond acceptors (Lipinski definition) is 4. The number of nitrogens with zero attached hydrogens (tertiary/aromatic N) is 2. The van der Waals surface area contributed by atoms with Crippen LogP contribution in [0.5, 0.6) is 5.88 Å². The van der Waals surface area contributed by atoms with Gasteiger partial charge in [0.1, 0.15) is 5.78 Å². The number of Topliss-reactive ketones (excluding diaryl/α,β-unsaturated/α-hetero) is 1. The fourth-order valence-electron chi connectivity index (χ4n) is 5.17. The Labute approximate surface area is 222 Å². The van der Waals surface area contributed by atoms with Crippen LogP contribution in [0.1, 0.15) is 35.2 Å². The SMILES string of the molecule is COc1ccc2c(n1)C1=C(C=CCc3cccc(c3)C[C@@H](C(=O)N(C)c3ccc(Cl)cc3)CC(=O)C1)C2. The Hall–Kier alpha value is -3.70. The highest BCUT2D eigenvalue weighted by atomic mass is 35.5. The molecule has 5 nitrogen and oxygen atoms in total. The zero-order chi connectivity index (χ0) is 25.9. The zero-order valence-electron chi connectivity index (χ0n) is 21.0. The molecular weight excluding hydrogens is 484 g/mol. The predicted molar refractivity (Wildman–Crippen MR) is 147 cm³/mol. The van der Waals surface area contributed by atoms with Crippen LogP contribution in [-0.4, -0.2) is 30.8 Å². The number of methoxy groups -OCH3 is 1. The average molecular weight is 513 g/mol. The van der Waals surface area contributed by atoms with Gasteiger partial charge < -0.3 is 9.64 Å². The second-order valence-electron chi connectivity index (χ2n) is 9.66. The summed E-state index contributed by atoms with van der Waals surface area (Å²) in [5, 5.41) is 0.610. The number of pyridine rings is 1. The fraction of sp³-hybridized carbons (Fsp3) is 0.258. The van der Waals surface area contributed by atoms with Crippen molar-refractivity contribution in [2.75, 3.05) is 19.1 Å². The summed E-state index contributed by atoms with van der Waals surface area (Å²) in [6, 6.07) is 19.3. The van der Waals surface area contributed by atoms with Crippen molar-refractivity contribution in [2.45, 2.75) is 32.1 Å². The molecule has 1 aromatic heterocycles. The third-order valence-electron chi connectivity index (χ3n) is 7.10. The summed E-state index contributed by atoms with van der Waals surface area (Å²) in [6.45, 7) is 0. The van der Waals surface area contributed by atoms with Crippen molar-refractivity contribution in [1.29, 1.82) is 0 Å². The predicted octanol–water partition coefficient (Wildman–Crippen LogP) is 6.04. The molecule has 2 aromatic carbocycles. The number of aromatic nitrogens is 1. The van der Waals surface area contributed by atoms with Gasteiger partial charge >= 0.3 is 0 Å². The van der Waals surface area contributed by atoms with E-state index in [0.717, 1.165) is 46.5 Å². The monoisotopic (exact) mass is 512 g/mol. The number of carbonyl (C=O) groups is 2. The lowest BCUT2D eigenvalue weighted by Crippen LogP contribution is -2.35. The van der Waals surface area contributed by atoms with Crippen LogP contribution in [0.25, 0.3) is 5.57 Å². The number of ketones is 1. The number of carbonyl (C=O) groups excluding carboxylic acids is 2. The molecule has 0 spiro atoms. The van der Waals surface area contributed by atoms with Gasteiger partial charge in [0.2, 0.25) is 11.8 Å². The minimum Gasteiger partial charge on any atom is -0.481 e. The van der Waals surface area contributed by atoms with Gasteiger partial charge in [0.15, 0.2) is 0 Å². The van der Waals surface area contributed by atoms with Gasteiger partial charge in [0, 0.05) is 42.6 Å². The maximum Gasteiger partial charge on any atom is 0.230 e. The molecule has 1 atom stereocenters. The van der Waals surface area contributed by atoms with Gasteiger partial charge in [0.05, 0.1) is 12.8 Å². The van der Waals surface area contributed by atoms with E-state index < -0.39 is 5.92 Å². The molecule has 0 saturated heterocycles. The fourth-order valence-corrected chi connectivity index (χ4v) is 5.30. The van der Waals surface area contributed by atoms with Gasteiger partial charge in [-0.25, -0.2) is 4.98 Å². The number of anilines is 1. The quantitative estimate of drug-likeness (QED) is 0.429. The number of fused-ring (bicyclic) bond motifs is 4. The van der Waals surface area contributed by atoms with Gasteiger partial charge in [-0.05, 0) is 71.4 Å². The van der Waals surface area contributed by atoms with Crippen LogP contribution >= 0.6 is 11.6 Å². The largest absolute Gasteiger partial charge is 0.481 e. The molecule has 3 aromatic rings. The Morgan fingerprint density at radius 1 is 1.03 bits per heavy atom. The maximum absolute atomic E-state index is 13.7. The summed E-state index contributed by atoms with van der Waals surface area (Å²) in [4.78, 5) is 33.5. The summed E-state index contributed by atoms with van der Waals surface area (Å²) in [6.07, 6.45) is 6.66. The van der Waals surface area contributed by atoms with Gasteiger partial charge in [0.25, 0.3) is 0 Å². The molecule has 1 heterocycles. The molecule has 0 fully saturated rings. The number of ether oxygens (including phenoxy) is 1. The molecule has 37 heavy (non-hydrogen) atoms.